The van der Waals surface area contributed by atoms with Gasteiger partial charge in [0, 0.05) is 50.3 Å². The molecule has 0 spiro atoms. The predicted octanol–water partition coefficient (Wildman–Crippen LogP) is 6.28. The van der Waals surface area contributed by atoms with Crippen LogP contribution in [0.2, 0.25) is 0 Å². The minimum Gasteiger partial charge on any atom is -0.142 e. The number of benzene rings is 2. The van der Waals surface area contributed by atoms with E-state index in [4.69, 9.17) is 0 Å². The highest BCUT2D eigenvalue weighted by atomic mass is 32.1. The Bertz CT molecular complexity index is 669. The van der Waals surface area contributed by atoms with E-state index in [1.54, 1.807) is 0 Å². The highest BCUT2D eigenvalue weighted by Crippen LogP contribution is 2.49. The average molecular weight is 439 g/mol. The lowest BCUT2D eigenvalue weighted by Gasteiger charge is -2.21. The zero-order valence-corrected chi connectivity index (χ0v) is 18.7. The maximum atomic E-state index is 4.62. The number of thiol groups is 8. The molecule has 0 radical (unpaired) electrons. The summed E-state index contributed by atoms with van der Waals surface area (Å²) in [4.78, 5) is 5.84. The van der Waals surface area contributed by atoms with Crippen molar-refractivity contribution >= 4 is 101 Å². The number of hydrogen-bond donors (Lipinski definition) is 8. The van der Waals surface area contributed by atoms with Gasteiger partial charge in [0.15, 0.2) is 0 Å². The van der Waals surface area contributed by atoms with Crippen LogP contribution >= 0.6 is 101 Å². The SMILES string of the molecule is Cc1c(S)c(S)c(-c2c(S)c(S)c(C)c(S)c2S)c(S)c1S. The van der Waals surface area contributed by atoms with Gasteiger partial charge in [-0.15, -0.1) is 101 Å². The molecule has 0 saturated carbocycles. The monoisotopic (exact) mass is 438 g/mol. The zero-order valence-electron chi connectivity index (χ0n) is 11.6. The van der Waals surface area contributed by atoms with Crippen LogP contribution in [-0.2, 0) is 0 Å². The Morgan fingerprint density at radius 1 is 0.364 bits per heavy atom. The molecule has 0 bridgehead atoms. The molecule has 0 saturated heterocycles. The summed E-state index contributed by atoms with van der Waals surface area (Å²) in [7, 11) is 0. The lowest BCUT2D eigenvalue weighted by molar-refractivity contribution is 0.994. The van der Waals surface area contributed by atoms with Gasteiger partial charge in [0.2, 0.25) is 0 Å². The summed E-state index contributed by atoms with van der Waals surface area (Å²) in [5.41, 5.74) is 3.42. The smallest absolute Gasteiger partial charge is 0.0268 e. The van der Waals surface area contributed by atoms with Crippen molar-refractivity contribution < 1.29 is 0 Å². The minimum absolute atomic E-state index is 0.707. The van der Waals surface area contributed by atoms with Gasteiger partial charge in [-0.05, 0) is 25.0 Å². The number of rotatable bonds is 1. The highest BCUT2D eigenvalue weighted by Gasteiger charge is 2.23. The molecule has 0 unspecified atom stereocenters. The van der Waals surface area contributed by atoms with Gasteiger partial charge in [-0.2, -0.15) is 0 Å². The van der Waals surface area contributed by atoms with Gasteiger partial charge < -0.3 is 0 Å². The first-order valence-corrected chi connectivity index (χ1v) is 9.62. The molecule has 0 atom stereocenters. The first-order chi connectivity index (χ1) is 10.1. The molecule has 2 aromatic carbocycles. The Labute approximate surface area is 174 Å². The number of hydrogen-bond acceptors (Lipinski definition) is 8. The van der Waals surface area contributed by atoms with Gasteiger partial charge in [-0.25, -0.2) is 0 Å². The Morgan fingerprint density at radius 2 is 0.545 bits per heavy atom. The van der Waals surface area contributed by atoms with Gasteiger partial charge >= 0.3 is 0 Å². The van der Waals surface area contributed by atoms with Crippen LogP contribution in [0.25, 0.3) is 11.1 Å². The van der Waals surface area contributed by atoms with Crippen molar-refractivity contribution in [2.75, 3.05) is 0 Å². The van der Waals surface area contributed by atoms with Crippen LogP contribution in [0.5, 0.6) is 0 Å². The molecule has 0 amide bonds. The van der Waals surface area contributed by atoms with Gasteiger partial charge in [0.1, 0.15) is 0 Å². The third-order valence-corrected chi connectivity index (χ3v) is 8.25. The second-order valence-electron chi connectivity index (χ2n) is 4.79. The van der Waals surface area contributed by atoms with Gasteiger partial charge in [0.05, 0.1) is 0 Å². The lowest BCUT2D eigenvalue weighted by atomic mass is 10.0. The third kappa shape index (κ3) is 3.07. The molecule has 0 aliphatic rings. The van der Waals surface area contributed by atoms with Crippen molar-refractivity contribution in [3.63, 3.8) is 0 Å². The van der Waals surface area contributed by atoms with Crippen molar-refractivity contribution in [3.05, 3.63) is 11.1 Å². The molecule has 0 aromatic heterocycles. The van der Waals surface area contributed by atoms with E-state index in [9.17, 15) is 0 Å². The van der Waals surface area contributed by atoms with E-state index in [1.807, 2.05) is 13.8 Å². The van der Waals surface area contributed by atoms with Crippen molar-refractivity contribution in [3.8, 4) is 11.1 Å². The van der Waals surface area contributed by atoms with E-state index >= 15 is 0 Å². The van der Waals surface area contributed by atoms with Gasteiger partial charge in [0.25, 0.3) is 0 Å². The molecule has 22 heavy (non-hydrogen) atoms. The fourth-order valence-corrected chi connectivity index (χ4v) is 4.92. The van der Waals surface area contributed by atoms with Gasteiger partial charge in [-0.3, -0.25) is 0 Å². The molecule has 0 N–H and O–H groups in total. The van der Waals surface area contributed by atoms with Crippen LogP contribution in [0, 0.1) is 13.8 Å². The fourth-order valence-electron chi connectivity index (χ4n) is 2.11. The summed E-state index contributed by atoms with van der Waals surface area (Å²) in [5, 5.41) is 0. The maximum Gasteiger partial charge on any atom is 0.0268 e. The molecule has 2 rings (SSSR count). The molecule has 118 valence electrons. The standard InChI is InChI=1S/C14H14S8/c1-3-7(15)11(19)5(12(20)8(3)16)6-13(21)9(17)4(2)10(18)14(6)22/h15-22H,1-2H3. The quantitative estimate of drug-likeness (QED) is 0.236. The summed E-state index contributed by atoms with van der Waals surface area (Å²) >= 11 is 36.7. The van der Waals surface area contributed by atoms with Crippen LogP contribution in [0.4, 0.5) is 0 Å². The largest absolute Gasteiger partial charge is 0.142 e. The summed E-state index contributed by atoms with van der Waals surface area (Å²) in [6.45, 7) is 3.86. The van der Waals surface area contributed by atoms with Crippen LogP contribution < -0.4 is 0 Å². The fraction of sp³-hybridized carbons (Fsp3) is 0.143. The van der Waals surface area contributed by atoms with Crippen LogP contribution in [0.1, 0.15) is 11.1 Å². The van der Waals surface area contributed by atoms with Crippen molar-refractivity contribution in [2.24, 2.45) is 0 Å². The molecular formula is C14H14S8. The molecule has 0 nitrogen and oxygen atoms in total. The van der Waals surface area contributed by atoms with Crippen molar-refractivity contribution in [2.45, 2.75) is 53.0 Å². The van der Waals surface area contributed by atoms with E-state index in [2.05, 4.69) is 101 Å². The van der Waals surface area contributed by atoms with E-state index in [1.165, 1.54) is 0 Å². The summed E-state index contributed by atoms with van der Waals surface area (Å²) in [5.74, 6) is 0. The van der Waals surface area contributed by atoms with Crippen LogP contribution in [0.3, 0.4) is 0 Å². The predicted molar refractivity (Wildman–Crippen MR) is 119 cm³/mol. The average Bonchev–Trinajstić information content (AvgIpc) is 2.50. The van der Waals surface area contributed by atoms with E-state index in [0.717, 1.165) is 41.8 Å². The topological polar surface area (TPSA) is 0 Å². The minimum atomic E-state index is 0.707. The zero-order chi connectivity index (χ0) is 16.9. The first kappa shape index (κ1) is 19.6. The van der Waals surface area contributed by atoms with E-state index in [-0.39, 0.29) is 0 Å². The summed E-state index contributed by atoms with van der Waals surface area (Å²) < 4.78 is 0. The Kier molecular flexibility index (Phi) is 6.43. The van der Waals surface area contributed by atoms with Crippen molar-refractivity contribution in [1.82, 2.24) is 0 Å². The normalized spacial score (nSPS) is 11.2. The Balaban J connectivity index is 3.03. The van der Waals surface area contributed by atoms with E-state index in [0.29, 0.717) is 19.6 Å². The van der Waals surface area contributed by atoms with Crippen molar-refractivity contribution in [1.29, 1.82) is 0 Å². The third-order valence-electron chi connectivity index (χ3n) is 3.52. The molecule has 0 aliphatic carbocycles. The highest BCUT2D eigenvalue weighted by molar-refractivity contribution is 7.85. The molecule has 8 heteroatoms. The van der Waals surface area contributed by atoms with Crippen LogP contribution in [0.15, 0.2) is 39.2 Å². The molecule has 0 heterocycles. The van der Waals surface area contributed by atoms with E-state index < -0.39 is 0 Å². The van der Waals surface area contributed by atoms with Crippen LogP contribution in [-0.4, -0.2) is 0 Å². The molecular weight excluding hydrogens is 425 g/mol. The molecule has 0 fully saturated rings. The maximum absolute atomic E-state index is 4.62. The second-order valence-corrected chi connectivity index (χ2v) is 8.37. The first-order valence-electron chi connectivity index (χ1n) is 6.04. The molecule has 0 aliphatic heterocycles. The summed E-state index contributed by atoms with van der Waals surface area (Å²) in [6.07, 6.45) is 0. The summed E-state index contributed by atoms with van der Waals surface area (Å²) in [6, 6.07) is 0. The molecule has 2 aromatic rings. The lowest BCUT2D eigenvalue weighted by Crippen LogP contribution is -1.97. The second kappa shape index (κ2) is 7.23. The Hall–Kier alpha value is 1.24. The Morgan fingerprint density at radius 3 is 0.727 bits per heavy atom. The van der Waals surface area contributed by atoms with Gasteiger partial charge in [-0.1, -0.05) is 0 Å².